The Labute approximate surface area is 154 Å². The smallest absolute Gasteiger partial charge is 0.433 e. The van der Waals surface area contributed by atoms with Gasteiger partial charge < -0.3 is 9.73 Å². The summed E-state index contributed by atoms with van der Waals surface area (Å²) in [4.78, 5) is 16.4. The number of nitrogens with zero attached hydrogens (tertiary/aromatic N) is 3. The molecule has 0 aliphatic rings. The second-order valence-corrected chi connectivity index (χ2v) is 6.80. The average molecular weight is 431 g/mol. The van der Waals surface area contributed by atoms with E-state index < -0.39 is 17.8 Å². The van der Waals surface area contributed by atoms with Gasteiger partial charge in [0.2, 0.25) is 0 Å². The zero-order chi connectivity index (χ0) is 19.1. The Morgan fingerprint density at radius 1 is 1.42 bits per heavy atom. The molecule has 0 aromatic carbocycles. The molecule has 6 nitrogen and oxygen atoms in total. The summed E-state index contributed by atoms with van der Waals surface area (Å²) >= 11 is 3.15. The van der Waals surface area contributed by atoms with Gasteiger partial charge in [-0.15, -0.1) is 0 Å². The largest absolute Gasteiger partial charge is 0.463 e. The van der Waals surface area contributed by atoms with Crippen LogP contribution in [0.4, 0.5) is 13.2 Å². The number of aromatic nitrogens is 3. The van der Waals surface area contributed by atoms with Crippen molar-refractivity contribution in [3.63, 3.8) is 0 Å². The van der Waals surface area contributed by atoms with Crippen molar-refractivity contribution < 1.29 is 22.4 Å². The van der Waals surface area contributed by atoms with Gasteiger partial charge in [-0.1, -0.05) is 13.8 Å². The van der Waals surface area contributed by atoms with Crippen molar-refractivity contribution >= 4 is 27.5 Å². The summed E-state index contributed by atoms with van der Waals surface area (Å²) in [5.41, 5.74) is -1.36. The third-order valence-electron chi connectivity index (χ3n) is 3.48. The lowest BCUT2D eigenvalue weighted by molar-refractivity contribution is -0.142. The molecule has 0 fully saturated rings. The van der Waals surface area contributed by atoms with Crippen molar-refractivity contribution in [1.82, 2.24) is 19.9 Å². The average Bonchev–Trinajstić information content (AvgIpc) is 3.19. The topological polar surface area (TPSA) is 72.4 Å². The van der Waals surface area contributed by atoms with Gasteiger partial charge in [-0.05, 0) is 40.0 Å². The molecule has 1 amide bonds. The zero-order valence-electron chi connectivity index (χ0n) is 13.8. The fourth-order valence-electron chi connectivity index (χ4n) is 2.27. The van der Waals surface area contributed by atoms with E-state index in [4.69, 9.17) is 4.42 Å². The monoisotopic (exact) mass is 430 g/mol. The van der Waals surface area contributed by atoms with Crippen LogP contribution < -0.4 is 5.32 Å². The lowest BCUT2D eigenvalue weighted by atomic mass is 10.2. The highest BCUT2D eigenvalue weighted by atomic mass is 79.9. The van der Waals surface area contributed by atoms with E-state index in [0.29, 0.717) is 11.1 Å². The fraction of sp³-hybridized carbons (Fsp3) is 0.312. The summed E-state index contributed by atoms with van der Waals surface area (Å²) in [7, 11) is 0. The Morgan fingerprint density at radius 2 is 2.15 bits per heavy atom. The summed E-state index contributed by atoms with van der Waals surface area (Å²) in [5, 5.41) is 6.45. The van der Waals surface area contributed by atoms with E-state index in [9.17, 15) is 18.0 Å². The van der Waals surface area contributed by atoms with Crippen LogP contribution in [-0.2, 0) is 6.18 Å². The molecule has 0 unspecified atom stereocenters. The Hall–Kier alpha value is -2.36. The van der Waals surface area contributed by atoms with Crippen molar-refractivity contribution in [2.45, 2.75) is 20.0 Å². The predicted octanol–water partition coefficient (Wildman–Crippen LogP) is 4.16. The highest BCUT2D eigenvalue weighted by Gasteiger charge is 2.36. The Balaban J connectivity index is 2.17. The lowest BCUT2D eigenvalue weighted by Gasteiger charge is -2.10. The molecule has 0 spiro atoms. The minimum Gasteiger partial charge on any atom is -0.463 e. The molecule has 1 N–H and O–H groups in total. The van der Waals surface area contributed by atoms with Gasteiger partial charge in [0, 0.05) is 6.54 Å². The number of hydrogen-bond acceptors (Lipinski definition) is 4. The molecule has 0 saturated heterocycles. The van der Waals surface area contributed by atoms with E-state index in [2.05, 4.69) is 31.3 Å². The number of furan rings is 1. The summed E-state index contributed by atoms with van der Waals surface area (Å²) < 4.78 is 46.3. The van der Waals surface area contributed by atoms with Crippen molar-refractivity contribution in [2.24, 2.45) is 5.92 Å². The van der Waals surface area contributed by atoms with Crippen LogP contribution in [-0.4, -0.2) is 27.0 Å². The van der Waals surface area contributed by atoms with E-state index in [-0.39, 0.29) is 33.2 Å². The third kappa shape index (κ3) is 3.46. The number of nitrogens with one attached hydrogen (secondary N) is 1. The molecule has 0 bridgehead atoms. The van der Waals surface area contributed by atoms with E-state index in [0.717, 1.165) is 6.07 Å². The number of fused-ring (bicyclic) bond motifs is 1. The first kappa shape index (κ1) is 18.4. The molecule has 10 heteroatoms. The number of halogens is 4. The van der Waals surface area contributed by atoms with Gasteiger partial charge in [0.1, 0.15) is 5.69 Å². The fourth-order valence-corrected chi connectivity index (χ4v) is 2.79. The van der Waals surface area contributed by atoms with Gasteiger partial charge in [0.25, 0.3) is 5.91 Å². The molecule has 0 saturated carbocycles. The molecule has 26 heavy (non-hydrogen) atoms. The maximum atomic E-state index is 13.5. The number of hydrogen-bond donors (Lipinski definition) is 1. The summed E-state index contributed by atoms with van der Waals surface area (Å²) in [6.45, 7) is 4.17. The second-order valence-electron chi connectivity index (χ2n) is 6.00. The van der Waals surface area contributed by atoms with Crippen LogP contribution in [0, 0.1) is 5.92 Å². The van der Waals surface area contributed by atoms with Gasteiger partial charge in [0.15, 0.2) is 22.8 Å². The van der Waals surface area contributed by atoms with Crippen molar-refractivity contribution in [2.75, 3.05) is 6.54 Å². The van der Waals surface area contributed by atoms with Crippen LogP contribution in [0.3, 0.4) is 0 Å². The molecule has 3 aromatic rings. The molecule has 3 aromatic heterocycles. The number of carbonyl (C=O) groups is 1. The van der Waals surface area contributed by atoms with Gasteiger partial charge in [-0.2, -0.15) is 18.3 Å². The summed E-state index contributed by atoms with van der Waals surface area (Å²) in [6.07, 6.45) is -3.36. The van der Waals surface area contributed by atoms with E-state index in [1.165, 1.54) is 12.3 Å². The Morgan fingerprint density at radius 3 is 2.73 bits per heavy atom. The number of amides is 1. The summed E-state index contributed by atoms with van der Waals surface area (Å²) in [5.74, 6) is -0.218. The van der Waals surface area contributed by atoms with Crippen LogP contribution >= 0.6 is 15.9 Å². The minimum atomic E-state index is -4.69. The highest BCUT2D eigenvalue weighted by molar-refractivity contribution is 9.10. The van der Waals surface area contributed by atoms with Gasteiger partial charge in [-0.25, -0.2) is 9.50 Å². The van der Waals surface area contributed by atoms with Gasteiger partial charge in [-0.3, -0.25) is 4.79 Å². The molecular weight excluding hydrogens is 417 g/mol. The second kappa shape index (κ2) is 6.75. The Kier molecular flexibility index (Phi) is 4.78. The molecule has 0 aliphatic carbocycles. The number of rotatable bonds is 4. The van der Waals surface area contributed by atoms with E-state index >= 15 is 0 Å². The van der Waals surface area contributed by atoms with Crippen LogP contribution in [0.1, 0.15) is 30.0 Å². The first-order valence-electron chi connectivity index (χ1n) is 7.67. The standard InChI is InChI=1S/C16H14BrF3N4O2/c1-8(2)7-21-15(25)13-12(17)14-22-9(10-4-3-5-26-10)6-11(16(18,19)20)24(14)23-13/h3-6,8H,7H2,1-2H3,(H,21,25). The van der Waals surface area contributed by atoms with Crippen molar-refractivity contribution in [3.05, 3.63) is 40.3 Å². The van der Waals surface area contributed by atoms with Crippen LogP contribution in [0.2, 0.25) is 0 Å². The molecule has 3 heterocycles. The van der Waals surface area contributed by atoms with Crippen molar-refractivity contribution in [3.8, 4) is 11.5 Å². The molecule has 0 aliphatic heterocycles. The molecule has 0 radical (unpaired) electrons. The highest BCUT2D eigenvalue weighted by Crippen LogP contribution is 2.34. The van der Waals surface area contributed by atoms with E-state index in [1.807, 2.05) is 13.8 Å². The van der Waals surface area contributed by atoms with Crippen LogP contribution in [0.15, 0.2) is 33.4 Å². The number of carbonyl (C=O) groups excluding carboxylic acids is 1. The van der Waals surface area contributed by atoms with E-state index in [1.54, 1.807) is 6.07 Å². The summed E-state index contributed by atoms with van der Waals surface area (Å²) in [6, 6.07) is 3.88. The van der Waals surface area contributed by atoms with Crippen LogP contribution in [0.25, 0.3) is 17.1 Å². The van der Waals surface area contributed by atoms with Crippen molar-refractivity contribution in [1.29, 1.82) is 0 Å². The third-order valence-corrected chi connectivity index (χ3v) is 4.21. The quantitative estimate of drug-likeness (QED) is 0.674. The van der Waals surface area contributed by atoms with Gasteiger partial charge in [0.05, 0.1) is 10.7 Å². The van der Waals surface area contributed by atoms with Crippen LogP contribution in [0.5, 0.6) is 0 Å². The number of alkyl halides is 3. The maximum absolute atomic E-state index is 13.5. The zero-order valence-corrected chi connectivity index (χ0v) is 15.3. The molecular formula is C16H14BrF3N4O2. The maximum Gasteiger partial charge on any atom is 0.433 e. The molecule has 0 atom stereocenters. The first-order chi connectivity index (χ1) is 12.2. The normalized spacial score (nSPS) is 12.1. The van der Waals surface area contributed by atoms with Gasteiger partial charge >= 0.3 is 6.18 Å². The minimum absolute atomic E-state index is 0.00966. The molecule has 138 valence electrons. The Bertz CT molecular complexity index is 949. The molecule has 3 rings (SSSR count). The SMILES string of the molecule is CC(C)CNC(=O)c1nn2c(C(F)(F)F)cc(-c3ccco3)nc2c1Br. The predicted molar refractivity (Wildman–Crippen MR) is 90.6 cm³/mol. The lowest BCUT2D eigenvalue weighted by Crippen LogP contribution is -2.28. The first-order valence-corrected chi connectivity index (χ1v) is 8.46.